The molecule has 168 valence electrons. The van der Waals surface area contributed by atoms with Gasteiger partial charge in [-0.15, -0.1) is 29.9 Å². The Hall–Kier alpha value is -2.19. The molecule has 0 spiro atoms. The molecule has 0 bridgehead atoms. The lowest BCUT2D eigenvalue weighted by atomic mass is 9.92. The highest BCUT2D eigenvalue weighted by Crippen LogP contribution is 2.26. The molecule has 1 aliphatic rings. The molecule has 0 aliphatic carbocycles. The van der Waals surface area contributed by atoms with Crippen LogP contribution in [0, 0.1) is 0 Å². The maximum Gasteiger partial charge on any atom is 0.143 e. The van der Waals surface area contributed by atoms with Crippen LogP contribution in [-0.4, -0.2) is 38.9 Å². The lowest BCUT2D eigenvalue weighted by Crippen LogP contribution is -2.45. The summed E-state index contributed by atoms with van der Waals surface area (Å²) in [5, 5.41) is 18.9. The fourth-order valence-corrected chi connectivity index (χ4v) is 3.85. The molecule has 1 fully saturated rings. The van der Waals surface area contributed by atoms with E-state index in [1.165, 1.54) is 12.0 Å². The Morgan fingerprint density at radius 1 is 1.16 bits per heavy atom. The first-order chi connectivity index (χ1) is 14.2. The summed E-state index contributed by atoms with van der Waals surface area (Å²) >= 11 is 0. The largest absolute Gasteiger partial charge is 0.491 e. The van der Waals surface area contributed by atoms with Crippen molar-refractivity contribution in [1.29, 1.82) is 0 Å². The summed E-state index contributed by atoms with van der Waals surface area (Å²) in [6, 6.07) is 17.4. The second-order valence-corrected chi connectivity index (χ2v) is 7.69. The highest BCUT2D eigenvalue weighted by molar-refractivity contribution is 5.85. The van der Waals surface area contributed by atoms with Crippen molar-refractivity contribution in [3.63, 3.8) is 0 Å². The molecule has 0 amide bonds. The molecule has 0 saturated carbocycles. The quantitative estimate of drug-likeness (QED) is 0.552. The van der Waals surface area contributed by atoms with Gasteiger partial charge in [-0.3, -0.25) is 0 Å². The second-order valence-electron chi connectivity index (χ2n) is 7.69. The van der Waals surface area contributed by atoms with Gasteiger partial charge in [-0.1, -0.05) is 30.3 Å². The van der Waals surface area contributed by atoms with E-state index in [-0.39, 0.29) is 30.9 Å². The van der Waals surface area contributed by atoms with E-state index in [4.69, 9.17) is 4.74 Å². The number of benzene rings is 2. The van der Waals surface area contributed by atoms with Crippen molar-refractivity contribution in [2.45, 2.75) is 51.4 Å². The predicted molar refractivity (Wildman–Crippen MR) is 126 cm³/mol. The molecule has 0 unspecified atom stereocenters. The van der Waals surface area contributed by atoms with Crippen LogP contribution in [0.2, 0.25) is 0 Å². The smallest absolute Gasteiger partial charge is 0.143 e. The molecule has 2 heterocycles. The number of nitrogens with one attached hydrogen (secondary N) is 2. The third-order valence-electron chi connectivity index (χ3n) is 5.19. The number of hydrogen-bond acceptors (Lipinski definition) is 6. The van der Waals surface area contributed by atoms with Crippen molar-refractivity contribution in [3.8, 4) is 11.4 Å². The Kier molecular flexibility index (Phi) is 9.71. The zero-order valence-corrected chi connectivity index (χ0v) is 19.4. The minimum Gasteiger partial charge on any atom is -0.491 e. The first-order valence-corrected chi connectivity index (χ1v) is 10.3. The van der Waals surface area contributed by atoms with E-state index in [0.29, 0.717) is 18.6 Å². The van der Waals surface area contributed by atoms with E-state index in [0.717, 1.165) is 30.0 Å². The number of aromatic nitrogens is 4. The molecule has 2 aromatic carbocycles. The summed E-state index contributed by atoms with van der Waals surface area (Å²) in [5.41, 5.74) is 3.35. The highest BCUT2D eigenvalue weighted by Gasteiger charge is 2.26. The second kappa shape index (κ2) is 12.0. The van der Waals surface area contributed by atoms with Crippen LogP contribution in [-0.2, 0) is 6.54 Å². The van der Waals surface area contributed by atoms with Crippen molar-refractivity contribution < 1.29 is 4.74 Å². The minimum atomic E-state index is 0. The van der Waals surface area contributed by atoms with Gasteiger partial charge in [0.25, 0.3) is 0 Å². The van der Waals surface area contributed by atoms with Crippen molar-refractivity contribution in [1.82, 2.24) is 30.8 Å². The summed E-state index contributed by atoms with van der Waals surface area (Å²) < 4.78 is 7.72. The summed E-state index contributed by atoms with van der Waals surface area (Å²) in [7, 11) is 0. The fraction of sp³-hybridized carbons (Fsp3) is 0.409. The molecule has 1 saturated heterocycles. The number of tetrazole rings is 1. The lowest BCUT2D eigenvalue weighted by molar-refractivity contribution is 0.238. The number of piperidine rings is 1. The number of halogens is 2. The molecule has 31 heavy (non-hydrogen) atoms. The van der Waals surface area contributed by atoms with Gasteiger partial charge in [-0.05, 0) is 67.4 Å². The molecular formula is C22H30Cl2N6O. The Morgan fingerprint density at radius 2 is 1.97 bits per heavy atom. The number of ether oxygens (including phenoxy) is 1. The number of nitrogens with zero attached hydrogens (tertiary/aromatic N) is 4. The highest BCUT2D eigenvalue weighted by atomic mass is 35.5. The van der Waals surface area contributed by atoms with E-state index in [1.807, 2.05) is 26.0 Å². The van der Waals surface area contributed by atoms with Crippen LogP contribution in [0.3, 0.4) is 0 Å². The fourth-order valence-electron chi connectivity index (χ4n) is 3.85. The number of hydrogen-bond donors (Lipinski definition) is 2. The van der Waals surface area contributed by atoms with E-state index in [2.05, 4.69) is 62.6 Å². The molecule has 2 N–H and O–H groups in total. The minimum absolute atomic E-state index is 0. The van der Waals surface area contributed by atoms with Gasteiger partial charge in [0.1, 0.15) is 12.1 Å². The maximum atomic E-state index is 6.05. The summed E-state index contributed by atoms with van der Waals surface area (Å²) in [6.45, 7) is 5.85. The normalized spacial score (nSPS) is 18.2. The third kappa shape index (κ3) is 6.40. The zero-order chi connectivity index (χ0) is 20.1. The van der Waals surface area contributed by atoms with E-state index in [9.17, 15) is 0 Å². The van der Waals surface area contributed by atoms with Crippen LogP contribution in [0.15, 0.2) is 54.9 Å². The van der Waals surface area contributed by atoms with Crippen LogP contribution in [0.25, 0.3) is 5.69 Å². The Balaban J connectivity index is 0.00000171. The first kappa shape index (κ1) is 25.1. The molecular weight excluding hydrogens is 435 g/mol. The Bertz CT molecular complexity index is 908. The van der Waals surface area contributed by atoms with Gasteiger partial charge < -0.3 is 15.4 Å². The van der Waals surface area contributed by atoms with Crippen LogP contribution in [0.1, 0.15) is 43.9 Å². The molecule has 3 aromatic rings. The SMILES string of the molecule is CC(C)Oc1ccc(-n2cnnn2)cc1CN[C@H]1CCCN[C@@H]1c1ccccc1.Cl.Cl. The van der Waals surface area contributed by atoms with Gasteiger partial charge in [-0.2, -0.15) is 0 Å². The van der Waals surface area contributed by atoms with E-state index in [1.54, 1.807) is 11.0 Å². The molecule has 9 heteroatoms. The van der Waals surface area contributed by atoms with Crippen LogP contribution >= 0.6 is 24.8 Å². The van der Waals surface area contributed by atoms with Crippen molar-refractivity contribution in [2.75, 3.05) is 6.54 Å². The van der Waals surface area contributed by atoms with Crippen molar-refractivity contribution in [3.05, 3.63) is 66.0 Å². The van der Waals surface area contributed by atoms with Gasteiger partial charge in [-0.25, -0.2) is 4.68 Å². The standard InChI is InChI=1S/C22H28N6O.2ClH/c1-16(2)29-21-11-10-19(28-15-25-26-27-28)13-18(21)14-24-20-9-6-12-23-22(20)17-7-4-3-5-8-17;;/h3-5,7-8,10-11,13,15-16,20,22-24H,6,9,12,14H2,1-2H3;2*1H/t20-,22+;;/m0../s1. The van der Waals surface area contributed by atoms with Gasteiger partial charge >= 0.3 is 0 Å². The van der Waals surface area contributed by atoms with E-state index < -0.39 is 0 Å². The van der Waals surface area contributed by atoms with Crippen LogP contribution in [0.5, 0.6) is 5.75 Å². The number of rotatable bonds is 7. The Morgan fingerprint density at radius 3 is 2.68 bits per heavy atom. The van der Waals surface area contributed by atoms with Crippen LogP contribution in [0.4, 0.5) is 0 Å². The molecule has 0 radical (unpaired) electrons. The molecule has 2 atom stereocenters. The monoisotopic (exact) mass is 464 g/mol. The molecule has 1 aliphatic heterocycles. The lowest BCUT2D eigenvalue weighted by Gasteiger charge is -2.34. The van der Waals surface area contributed by atoms with Crippen molar-refractivity contribution in [2.24, 2.45) is 0 Å². The Labute approximate surface area is 195 Å². The van der Waals surface area contributed by atoms with Gasteiger partial charge in [0.15, 0.2) is 0 Å². The van der Waals surface area contributed by atoms with Crippen molar-refractivity contribution >= 4 is 24.8 Å². The summed E-state index contributed by atoms with van der Waals surface area (Å²) in [6.07, 6.45) is 4.02. The first-order valence-electron chi connectivity index (χ1n) is 10.3. The predicted octanol–water partition coefficient (Wildman–Crippen LogP) is 3.88. The average Bonchev–Trinajstić information content (AvgIpc) is 3.28. The molecule has 7 nitrogen and oxygen atoms in total. The molecule has 1 aromatic heterocycles. The average molecular weight is 465 g/mol. The maximum absolute atomic E-state index is 6.05. The topological polar surface area (TPSA) is 76.9 Å². The third-order valence-corrected chi connectivity index (χ3v) is 5.19. The summed E-state index contributed by atoms with van der Waals surface area (Å²) in [5.74, 6) is 0.893. The van der Waals surface area contributed by atoms with E-state index >= 15 is 0 Å². The van der Waals surface area contributed by atoms with Gasteiger partial charge in [0.05, 0.1) is 11.8 Å². The van der Waals surface area contributed by atoms with Gasteiger partial charge in [0, 0.05) is 24.2 Å². The zero-order valence-electron chi connectivity index (χ0n) is 17.8. The van der Waals surface area contributed by atoms with Gasteiger partial charge in [0.2, 0.25) is 0 Å². The van der Waals surface area contributed by atoms with Crippen LogP contribution < -0.4 is 15.4 Å². The summed E-state index contributed by atoms with van der Waals surface area (Å²) in [4.78, 5) is 0. The molecule has 4 rings (SSSR count).